The van der Waals surface area contributed by atoms with E-state index in [1.54, 1.807) is 7.11 Å². The molecule has 0 bridgehead atoms. The molecule has 1 saturated heterocycles. The second kappa shape index (κ2) is 6.58. The molecule has 1 aromatic carbocycles. The summed E-state index contributed by atoms with van der Waals surface area (Å²) in [6.45, 7) is 0.459. The van der Waals surface area contributed by atoms with E-state index in [9.17, 15) is 12.8 Å². The zero-order chi connectivity index (χ0) is 15.6. The molecule has 5 nitrogen and oxygen atoms in total. The molecular formula is C13H17ClFNO4S. The zero-order valence-electron chi connectivity index (χ0n) is 11.6. The van der Waals surface area contributed by atoms with E-state index in [-0.39, 0.29) is 23.0 Å². The van der Waals surface area contributed by atoms with Gasteiger partial charge in [-0.05, 0) is 24.5 Å². The molecule has 1 atom stereocenters. The van der Waals surface area contributed by atoms with Crippen LogP contribution in [0.15, 0.2) is 17.0 Å². The SMILES string of the molecule is COCC1CCN(S(=O)(=O)c2cc(Cl)cc(CO)c2F)C1. The van der Waals surface area contributed by atoms with E-state index < -0.39 is 27.3 Å². The number of nitrogens with zero attached hydrogens (tertiary/aromatic N) is 1. The molecule has 1 N–H and O–H groups in total. The summed E-state index contributed by atoms with van der Waals surface area (Å²) >= 11 is 5.81. The molecule has 1 unspecified atom stereocenters. The van der Waals surface area contributed by atoms with Crippen LogP contribution in [0.25, 0.3) is 0 Å². The predicted molar refractivity (Wildman–Crippen MR) is 76.1 cm³/mol. The first kappa shape index (κ1) is 16.6. The van der Waals surface area contributed by atoms with E-state index in [4.69, 9.17) is 21.4 Å². The summed E-state index contributed by atoms with van der Waals surface area (Å²) in [5.41, 5.74) is -0.131. The van der Waals surface area contributed by atoms with Gasteiger partial charge in [0.05, 0.1) is 13.2 Å². The van der Waals surface area contributed by atoms with E-state index in [2.05, 4.69) is 0 Å². The molecule has 0 aliphatic carbocycles. The molecule has 8 heteroatoms. The summed E-state index contributed by atoms with van der Waals surface area (Å²) in [6, 6.07) is 2.29. The summed E-state index contributed by atoms with van der Waals surface area (Å²) in [4.78, 5) is -0.489. The molecule has 1 fully saturated rings. The number of hydrogen-bond donors (Lipinski definition) is 1. The summed E-state index contributed by atoms with van der Waals surface area (Å²) in [7, 11) is -2.41. The second-order valence-electron chi connectivity index (χ2n) is 5.01. The minimum atomic E-state index is -3.97. The summed E-state index contributed by atoms with van der Waals surface area (Å²) in [5, 5.41) is 9.16. The number of aliphatic hydroxyl groups is 1. The molecule has 1 heterocycles. The third-order valence-electron chi connectivity index (χ3n) is 3.52. The van der Waals surface area contributed by atoms with Crippen LogP contribution in [-0.4, -0.2) is 44.6 Å². The molecule has 118 valence electrons. The molecule has 2 rings (SSSR count). The van der Waals surface area contributed by atoms with Crippen LogP contribution in [0.1, 0.15) is 12.0 Å². The van der Waals surface area contributed by atoms with Gasteiger partial charge in [0.1, 0.15) is 10.7 Å². The number of aliphatic hydroxyl groups excluding tert-OH is 1. The highest BCUT2D eigenvalue weighted by atomic mass is 35.5. The van der Waals surface area contributed by atoms with Gasteiger partial charge >= 0.3 is 0 Å². The maximum Gasteiger partial charge on any atom is 0.246 e. The first-order valence-corrected chi connectivity index (χ1v) is 8.29. The van der Waals surface area contributed by atoms with Gasteiger partial charge in [0.2, 0.25) is 10.0 Å². The van der Waals surface area contributed by atoms with Gasteiger partial charge < -0.3 is 9.84 Å². The first-order valence-electron chi connectivity index (χ1n) is 6.48. The van der Waals surface area contributed by atoms with Crippen LogP contribution >= 0.6 is 11.6 Å². The molecular weight excluding hydrogens is 321 g/mol. The van der Waals surface area contributed by atoms with Gasteiger partial charge in [0, 0.05) is 30.8 Å². The first-order chi connectivity index (χ1) is 9.90. The molecule has 1 aliphatic heterocycles. The van der Waals surface area contributed by atoms with Gasteiger partial charge in [-0.15, -0.1) is 0 Å². The number of benzene rings is 1. The quantitative estimate of drug-likeness (QED) is 0.886. The minimum absolute atomic E-state index is 0.0756. The molecule has 0 radical (unpaired) electrons. The largest absolute Gasteiger partial charge is 0.392 e. The van der Waals surface area contributed by atoms with Crippen molar-refractivity contribution >= 4 is 21.6 Å². The van der Waals surface area contributed by atoms with Crippen molar-refractivity contribution in [3.8, 4) is 0 Å². The molecule has 0 spiro atoms. The lowest BCUT2D eigenvalue weighted by atomic mass is 10.1. The molecule has 1 aliphatic rings. The molecule has 0 saturated carbocycles. The van der Waals surface area contributed by atoms with Gasteiger partial charge in [-0.2, -0.15) is 4.31 Å². The lowest BCUT2D eigenvalue weighted by Crippen LogP contribution is -2.30. The fourth-order valence-corrected chi connectivity index (χ4v) is 4.42. The highest BCUT2D eigenvalue weighted by molar-refractivity contribution is 7.89. The predicted octanol–water partition coefficient (Wildman–Crippen LogP) is 1.63. The third kappa shape index (κ3) is 3.37. The molecule has 0 aromatic heterocycles. The lowest BCUT2D eigenvalue weighted by molar-refractivity contribution is 0.157. The molecule has 21 heavy (non-hydrogen) atoms. The number of ether oxygens (including phenoxy) is 1. The van der Waals surface area contributed by atoms with Crippen molar-refractivity contribution in [3.05, 3.63) is 28.5 Å². The maximum atomic E-state index is 14.2. The Balaban J connectivity index is 2.35. The van der Waals surface area contributed by atoms with Crippen LogP contribution in [0.2, 0.25) is 5.02 Å². The Hall–Kier alpha value is -0.730. The van der Waals surface area contributed by atoms with Crippen molar-refractivity contribution in [2.24, 2.45) is 5.92 Å². The van der Waals surface area contributed by atoms with E-state index >= 15 is 0 Å². The van der Waals surface area contributed by atoms with Crippen LogP contribution < -0.4 is 0 Å². The lowest BCUT2D eigenvalue weighted by Gasteiger charge is -2.18. The fraction of sp³-hybridized carbons (Fsp3) is 0.538. The van der Waals surface area contributed by atoms with Crippen molar-refractivity contribution < 1.29 is 22.7 Å². The minimum Gasteiger partial charge on any atom is -0.392 e. The van der Waals surface area contributed by atoms with Crippen molar-refractivity contribution in [1.29, 1.82) is 0 Å². The molecule has 0 amide bonds. The van der Waals surface area contributed by atoms with Crippen LogP contribution in [0.3, 0.4) is 0 Å². The number of sulfonamides is 1. The van der Waals surface area contributed by atoms with Gasteiger partial charge in [-0.25, -0.2) is 12.8 Å². The average Bonchev–Trinajstić information content (AvgIpc) is 2.90. The normalized spacial score (nSPS) is 20.1. The van der Waals surface area contributed by atoms with Crippen LogP contribution in [0.5, 0.6) is 0 Å². The van der Waals surface area contributed by atoms with Gasteiger partial charge in [0.25, 0.3) is 0 Å². The topological polar surface area (TPSA) is 66.8 Å². The Morgan fingerprint density at radius 2 is 2.24 bits per heavy atom. The van der Waals surface area contributed by atoms with Gasteiger partial charge in [-0.1, -0.05) is 11.6 Å². The van der Waals surface area contributed by atoms with Crippen LogP contribution in [-0.2, 0) is 21.4 Å². The molecule has 1 aromatic rings. The summed E-state index contributed by atoms with van der Waals surface area (Å²) < 4.78 is 45.5. The highest BCUT2D eigenvalue weighted by Crippen LogP contribution is 2.29. The zero-order valence-corrected chi connectivity index (χ0v) is 13.1. The van der Waals surface area contributed by atoms with Crippen molar-refractivity contribution in [2.45, 2.75) is 17.9 Å². The number of methoxy groups -OCH3 is 1. The van der Waals surface area contributed by atoms with E-state index in [1.165, 1.54) is 10.4 Å². The number of hydrogen-bond acceptors (Lipinski definition) is 4. The Bertz CT molecular complexity index is 623. The Kier molecular flexibility index (Phi) is 5.21. The average molecular weight is 338 g/mol. The smallest absolute Gasteiger partial charge is 0.246 e. The summed E-state index contributed by atoms with van der Waals surface area (Å²) in [6.07, 6.45) is 0.669. The highest BCUT2D eigenvalue weighted by Gasteiger charge is 2.34. The Morgan fingerprint density at radius 3 is 2.86 bits per heavy atom. The van der Waals surface area contributed by atoms with E-state index in [0.717, 1.165) is 6.07 Å². The summed E-state index contributed by atoms with van der Waals surface area (Å²) in [5.74, 6) is -0.846. The van der Waals surface area contributed by atoms with Crippen molar-refractivity contribution in [2.75, 3.05) is 26.8 Å². The van der Waals surface area contributed by atoms with Gasteiger partial charge in [0.15, 0.2) is 0 Å². The monoisotopic (exact) mass is 337 g/mol. The van der Waals surface area contributed by atoms with Crippen LogP contribution in [0.4, 0.5) is 4.39 Å². The van der Waals surface area contributed by atoms with Crippen LogP contribution in [0, 0.1) is 11.7 Å². The van der Waals surface area contributed by atoms with Crippen molar-refractivity contribution in [3.63, 3.8) is 0 Å². The standard InChI is InChI=1S/C13H17ClFNO4S/c1-20-8-9-2-3-16(6-9)21(18,19)12-5-11(14)4-10(7-17)13(12)15/h4-5,9,17H,2-3,6-8H2,1H3. The Morgan fingerprint density at radius 1 is 1.52 bits per heavy atom. The fourth-order valence-electron chi connectivity index (χ4n) is 2.45. The van der Waals surface area contributed by atoms with E-state index in [1.807, 2.05) is 0 Å². The van der Waals surface area contributed by atoms with Crippen molar-refractivity contribution in [1.82, 2.24) is 4.31 Å². The Labute approximate surface area is 128 Å². The number of rotatable bonds is 5. The maximum absolute atomic E-state index is 14.2. The third-order valence-corrected chi connectivity index (χ3v) is 5.60. The number of halogens is 2. The van der Waals surface area contributed by atoms with E-state index in [0.29, 0.717) is 19.6 Å². The second-order valence-corrected chi connectivity index (χ2v) is 7.35. The van der Waals surface area contributed by atoms with Gasteiger partial charge in [-0.3, -0.25) is 0 Å².